The SMILES string of the molecule is O=C(NCc1ccc(Cl)cc1)c1cnc(N2CCOCC2)nc1C(F)(F)F. The molecule has 6 nitrogen and oxygen atoms in total. The van der Waals surface area contributed by atoms with E-state index in [0.29, 0.717) is 36.9 Å². The first-order valence-electron chi connectivity index (χ1n) is 8.14. The molecule has 0 bridgehead atoms. The highest BCUT2D eigenvalue weighted by Crippen LogP contribution is 2.31. The van der Waals surface area contributed by atoms with Crippen LogP contribution in [0.1, 0.15) is 21.6 Å². The summed E-state index contributed by atoms with van der Waals surface area (Å²) in [5.41, 5.74) is -1.17. The number of anilines is 1. The van der Waals surface area contributed by atoms with Gasteiger partial charge < -0.3 is 15.0 Å². The van der Waals surface area contributed by atoms with Crippen LogP contribution >= 0.6 is 11.6 Å². The Morgan fingerprint density at radius 2 is 1.89 bits per heavy atom. The van der Waals surface area contributed by atoms with Gasteiger partial charge in [-0.15, -0.1) is 0 Å². The summed E-state index contributed by atoms with van der Waals surface area (Å²) >= 11 is 5.78. The van der Waals surface area contributed by atoms with Gasteiger partial charge in [-0.25, -0.2) is 9.97 Å². The van der Waals surface area contributed by atoms with Gasteiger partial charge in [-0.3, -0.25) is 4.79 Å². The van der Waals surface area contributed by atoms with Crippen LogP contribution in [0.5, 0.6) is 0 Å². The number of amides is 1. The molecule has 1 aromatic heterocycles. The minimum Gasteiger partial charge on any atom is -0.378 e. The van der Waals surface area contributed by atoms with Gasteiger partial charge in [-0.05, 0) is 17.7 Å². The third kappa shape index (κ3) is 4.86. The summed E-state index contributed by atoms with van der Waals surface area (Å²) in [5.74, 6) is -0.967. The maximum Gasteiger partial charge on any atom is 0.434 e. The van der Waals surface area contributed by atoms with Gasteiger partial charge in [0, 0.05) is 30.9 Å². The molecule has 1 saturated heterocycles. The number of carbonyl (C=O) groups excluding carboxylic acids is 1. The molecule has 144 valence electrons. The summed E-state index contributed by atoms with van der Waals surface area (Å²) in [6.07, 6.45) is -3.87. The summed E-state index contributed by atoms with van der Waals surface area (Å²) in [5, 5.41) is 2.98. The lowest BCUT2D eigenvalue weighted by atomic mass is 10.2. The van der Waals surface area contributed by atoms with Crippen molar-refractivity contribution in [1.29, 1.82) is 0 Å². The molecule has 1 aromatic carbocycles. The molecule has 1 amide bonds. The number of ether oxygens (including phenoxy) is 1. The molecule has 1 fully saturated rings. The Kier molecular flexibility index (Phi) is 5.81. The largest absolute Gasteiger partial charge is 0.434 e. The van der Waals surface area contributed by atoms with Crippen LogP contribution in [0.25, 0.3) is 0 Å². The zero-order valence-electron chi connectivity index (χ0n) is 14.1. The fourth-order valence-corrected chi connectivity index (χ4v) is 2.68. The van der Waals surface area contributed by atoms with E-state index in [1.807, 2.05) is 0 Å². The second-order valence-electron chi connectivity index (χ2n) is 5.84. The minimum absolute atomic E-state index is 0.0541. The molecule has 1 aliphatic heterocycles. The predicted octanol–water partition coefficient (Wildman–Crippen LogP) is 2.92. The van der Waals surface area contributed by atoms with Gasteiger partial charge in [0.25, 0.3) is 5.91 Å². The molecule has 0 radical (unpaired) electrons. The second kappa shape index (κ2) is 8.10. The summed E-state index contributed by atoms with van der Waals surface area (Å²) in [6, 6.07) is 6.60. The molecule has 0 saturated carbocycles. The number of halogens is 4. The molecular formula is C17H16ClF3N4O2. The lowest BCUT2D eigenvalue weighted by Gasteiger charge is -2.27. The van der Waals surface area contributed by atoms with Crippen LogP contribution in [-0.4, -0.2) is 42.2 Å². The molecule has 0 spiro atoms. The van der Waals surface area contributed by atoms with E-state index in [2.05, 4.69) is 15.3 Å². The van der Waals surface area contributed by atoms with E-state index in [0.717, 1.165) is 6.20 Å². The smallest absolute Gasteiger partial charge is 0.378 e. The van der Waals surface area contributed by atoms with E-state index in [9.17, 15) is 18.0 Å². The molecule has 1 aliphatic rings. The predicted molar refractivity (Wildman–Crippen MR) is 92.7 cm³/mol. The number of nitrogens with zero attached hydrogens (tertiary/aromatic N) is 3. The van der Waals surface area contributed by atoms with Gasteiger partial charge in [-0.2, -0.15) is 13.2 Å². The van der Waals surface area contributed by atoms with E-state index in [1.165, 1.54) is 0 Å². The molecule has 2 heterocycles. The Bertz CT molecular complexity index is 809. The quantitative estimate of drug-likeness (QED) is 0.854. The van der Waals surface area contributed by atoms with Crippen molar-refractivity contribution in [3.63, 3.8) is 0 Å². The van der Waals surface area contributed by atoms with Crippen molar-refractivity contribution in [2.24, 2.45) is 0 Å². The molecule has 0 atom stereocenters. The molecular weight excluding hydrogens is 385 g/mol. The maximum atomic E-state index is 13.4. The van der Waals surface area contributed by atoms with Crippen LogP contribution in [0.15, 0.2) is 30.5 Å². The molecule has 1 N–H and O–H groups in total. The van der Waals surface area contributed by atoms with Gasteiger partial charge in [0.1, 0.15) is 0 Å². The standard InChI is InChI=1S/C17H16ClF3N4O2/c18-12-3-1-11(2-4-12)9-22-15(26)13-10-23-16(24-14(13)17(19,20)21)25-5-7-27-8-6-25/h1-4,10H,5-9H2,(H,22,26). The topological polar surface area (TPSA) is 67.4 Å². The van der Waals surface area contributed by atoms with Crippen LogP contribution in [-0.2, 0) is 17.5 Å². The van der Waals surface area contributed by atoms with Crippen molar-refractivity contribution < 1.29 is 22.7 Å². The van der Waals surface area contributed by atoms with Gasteiger partial charge in [0.05, 0.1) is 18.8 Å². The normalized spacial score (nSPS) is 14.9. The fourth-order valence-electron chi connectivity index (χ4n) is 2.55. The van der Waals surface area contributed by atoms with Crippen LogP contribution in [0.4, 0.5) is 19.1 Å². The number of benzene rings is 1. The van der Waals surface area contributed by atoms with Crippen molar-refractivity contribution in [3.05, 3.63) is 52.3 Å². The Morgan fingerprint density at radius 1 is 1.22 bits per heavy atom. The zero-order chi connectivity index (χ0) is 19.4. The molecule has 2 aromatic rings. The van der Waals surface area contributed by atoms with Crippen LogP contribution < -0.4 is 10.2 Å². The van der Waals surface area contributed by atoms with Gasteiger partial charge in [0.2, 0.25) is 5.95 Å². The van der Waals surface area contributed by atoms with Crippen molar-refractivity contribution >= 4 is 23.5 Å². The molecule has 10 heteroatoms. The Labute approximate surface area is 158 Å². The molecule has 0 aliphatic carbocycles. The second-order valence-corrected chi connectivity index (χ2v) is 6.28. The van der Waals surface area contributed by atoms with E-state index >= 15 is 0 Å². The average molecular weight is 401 g/mol. The van der Waals surface area contributed by atoms with Gasteiger partial charge in [0.15, 0.2) is 5.69 Å². The number of nitrogens with one attached hydrogen (secondary N) is 1. The third-order valence-corrected chi connectivity index (χ3v) is 4.20. The van der Waals surface area contributed by atoms with Crippen LogP contribution in [0, 0.1) is 0 Å². The zero-order valence-corrected chi connectivity index (χ0v) is 14.8. The Balaban J connectivity index is 1.80. The highest BCUT2D eigenvalue weighted by molar-refractivity contribution is 6.30. The number of morpholine rings is 1. The number of hydrogen-bond acceptors (Lipinski definition) is 5. The summed E-state index contributed by atoms with van der Waals surface area (Å²) < 4.78 is 45.5. The van der Waals surface area contributed by atoms with E-state index in [4.69, 9.17) is 16.3 Å². The first-order valence-corrected chi connectivity index (χ1v) is 8.52. The number of alkyl halides is 3. The number of hydrogen-bond donors (Lipinski definition) is 1. The number of rotatable bonds is 4. The van der Waals surface area contributed by atoms with Gasteiger partial charge in [-0.1, -0.05) is 23.7 Å². The van der Waals surface area contributed by atoms with E-state index in [1.54, 1.807) is 29.2 Å². The first kappa shape index (κ1) is 19.4. The van der Waals surface area contributed by atoms with Crippen molar-refractivity contribution in [3.8, 4) is 0 Å². The lowest BCUT2D eigenvalue weighted by molar-refractivity contribution is -0.141. The summed E-state index contributed by atoms with van der Waals surface area (Å²) in [4.78, 5) is 21.4. The number of carbonyl (C=O) groups is 1. The van der Waals surface area contributed by atoms with Gasteiger partial charge >= 0.3 is 6.18 Å². The minimum atomic E-state index is -4.78. The summed E-state index contributed by atoms with van der Waals surface area (Å²) in [7, 11) is 0. The molecule has 0 unspecified atom stereocenters. The van der Waals surface area contributed by atoms with E-state index < -0.39 is 23.3 Å². The van der Waals surface area contributed by atoms with Crippen molar-refractivity contribution in [2.75, 3.05) is 31.2 Å². The highest BCUT2D eigenvalue weighted by Gasteiger charge is 2.38. The highest BCUT2D eigenvalue weighted by atomic mass is 35.5. The van der Waals surface area contributed by atoms with Crippen LogP contribution in [0.3, 0.4) is 0 Å². The van der Waals surface area contributed by atoms with Crippen LogP contribution in [0.2, 0.25) is 5.02 Å². The fraction of sp³-hybridized carbons (Fsp3) is 0.353. The first-order chi connectivity index (χ1) is 12.8. The van der Waals surface area contributed by atoms with Crippen molar-refractivity contribution in [2.45, 2.75) is 12.7 Å². The molecule has 3 rings (SSSR count). The summed E-state index contributed by atoms with van der Waals surface area (Å²) in [6.45, 7) is 1.60. The Morgan fingerprint density at radius 3 is 2.52 bits per heavy atom. The average Bonchev–Trinajstić information content (AvgIpc) is 2.67. The van der Waals surface area contributed by atoms with E-state index in [-0.39, 0.29) is 12.5 Å². The van der Waals surface area contributed by atoms with Crippen molar-refractivity contribution in [1.82, 2.24) is 15.3 Å². The monoisotopic (exact) mass is 400 g/mol. The lowest BCUT2D eigenvalue weighted by Crippen LogP contribution is -2.38. The number of aromatic nitrogens is 2. The molecule has 27 heavy (non-hydrogen) atoms. The Hall–Kier alpha value is -2.39. The maximum absolute atomic E-state index is 13.4. The third-order valence-electron chi connectivity index (χ3n) is 3.95.